The van der Waals surface area contributed by atoms with E-state index in [2.05, 4.69) is 46.3 Å². The number of hydrogen-bond acceptors (Lipinski definition) is 1. The molecular formula is C15H16BrN. The lowest BCUT2D eigenvalue weighted by molar-refractivity contribution is 0.822. The van der Waals surface area contributed by atoms with E-state index in [0.717, 1.165) is 29.4 Å². The van der Waals surface area contributed by atoms with E-state index >= 15 is 0 Å². The Morgan fingerprint density at radius 1 is 0.941 bits per heavy atom. The van der Waals surface area contributed by atoms with Gasteiger partial charge < -0.3 is 5.73 Å². The molecule has 0 heterocycles. The van der Waals surface area contributed by atoms with Gasteiger partial charge in [0.2, 0.25) is 0 Å². The largest absolute Gasteiger partial charge is 0.399 e. The second-order valence-corrected chi connectivity index (χ2v) is 5.10. The van der Waals surface area contributed by atoms with Gasteiger partial charge in [-0.3, -0.25) is 0 Å². The van der Waals surface area contributed by atoms with Crippen molar-refractivity contribution in [3.05, 3.63) is 64.1 Å². The number of nitrogen functional groups attached to an aromatic ring is 1. The molecule has 2 aromatic carbocycles. The maximum atomic E-state index is 5.92. The average molecular weight is 290 g/mol. The van der Waals surface area contributed by atoms with Crippen LogP contribution >= 0.6 is 15.9 Å². The molecule has 88 valence electrons. The van der Waals surface area contributed by atoms with E-state index < -0.39 is 0 Å². The second kappa shape index (κ2) is 5.87. The summed E-state index contributed by atoms with van der Waals surface area (Å²) >= 11 is 3.49. The third-order valence-corrected chi connectivity index (χ3v) is 3.35. The summed E-state index contributed by atoms with van der Waals surface area (Å²) in [4.78, 5) is 0. The van der Waals surface area contributed by atoms with Crippen molar-refractivity contribution >= 4 is 21.6 Å². The first-order valence-electron chi connectivity index (χ1n) is 5.83. The molecule has 0 spiro atoms. The molecule has 2 rings (SSSR count). The maximum absolute atomic E-state index is 5.92. The summed E-state index contributed by atoms with van der Waals surface area (Å²) in [5.41, 5.74) is 9.44. The van der Waals surface area contributed by atoms with Gasteiger partial charge in [0.1, 0.15) is 0 Å². The number of nitrogens with two attached hydrogens (primary N) is 1. The van der Waals surface area contributed by atoms with Crippen molar-refractivity contribution in [1.82, 2.24) is 0 Å². The summed E-state index contributed by atoms with van der Waals surface area (Å²) in [5.74, 6) is 0. The van der Waals surface area contributed by atoms with Gasteiger partial charge in [-0.25, -0.2) is 0 Å². The monoisotopic (exact) mass is 289 g/mol. The van der Waals surface area contributed by atoms with Crippen molar-refractivity contribution in [2.24, 2.45) is 0 Å². The average Bonchev–Trinajstić information content (AvgIpc) is 2.32. The van der Waals surface area contributed by atoms with Crippen LogP contribution < -0.4 is 5.73 Å². The zero-order valence-electron chi connectivity index (χ0n) is 9.70. The molecular weight excluding hydrogens is 274 g/mol. The van der Waals surface area contributed by atoms with Gasteiger partial charge in [-0.1, -0.05) is 46.3 Å². The Hall–Kier alpha value is -1.28. The molecule has 2 aromatic rings. The predicted octanol–water partition coefficient (Wildman–Crippen LogP) is 4.21. The van der Waals surface area contributed by atoms with Crippen LogP contribution in [0.4, 0.5) is 5.69 Å². The molecule has 0 bridgehead atoms. The fraction of sp³-hybridized carbons (Fsp3) is 0.200. The molecule has 2 N–H and O–H groups in total. The van der Waals surface area contributed by atoms with Gasteiger partial charge in [0, 0.05) is 10.2 Å². The number of anilines is 1. The minimum absolute atomic E-state index is 0.904. The van der Waals surface area contributed by atoms with Gasteiger partial charge in [0.25, 0.3) is 0 Å². The Morgan fingerprint density at radius 3 is 2.53 bits per heavy atom. The summed E-state index contributed by atoms with van der Waals surface area (Å²) in [7, 11) is 0. The smallest absolute Gasteiger partial charge is 0.0346 e. The van der Waals surface area contributed by atoms with Crippen LogP contribution in [0.3, 0.4) is 0 Å². The van der Waals surface area contributed by atoms with Crippen LogP contribution in [0.15, 0.2) is 53.0 Å². The molecule has 0 aliphatic rings. The molecule has 0 radical (unpaired) electrons. The standard InChI is InChI=1S/C15H16BrN/c16-14-9-4-6-12(11-14)5-3-8-13-7-1-2-10-15(13)17/h1-2,4,6-7,9-11H,3,5,8,17H2. The first-order valence-corrected chi connectivity index (χ1v) is 6.63. The first-order chi connectivity index (χ1) is 8.25. The van der Waals surface area contributed by atoms with Gasteiger partial charge in [-0.15, -0.1) is 0 Å². The fourth-order valence-electron chi connectivity index (χ4n) is 1.94. The Bertz CT molecular complexity index is 494. The van der Waals surface area contributed by atoms with Gasteiger partial charge in [0.15, 0.2) is 0 Å². The van der Waals surface area contributed by atoms with Crippen LogP contribution in [0.2, 0.25) is 0 Å². The maximum Gasteiger partial charge on any atom is 0.0346 e. The number of para-hydroxylation sites is 1. The number of rotatable bonds is 4. The van der Waals surface area contributed by atoms with E-state index in [0.29, 0.717) is 0 Å². The summed E-state index contributed by atoms with van der Waals surface area (Å²) < 4.78 is 1.15. The normalized spacial score (nSPS) is 10.4. The molecule has 0 aliphatic heterocycles. The SMILES string of the molecule is Nc1ccccc1CCCc1cccc(Br)c1. The fourth-order valence-corrected chi connectivity index (χ4v) is 2.38. The molecule has 0 aliphatic carbocycles. The van der Waals surface area contributed by atoms with Crippen LogP contribution in [-0.4, -0.2) is 0 Å². The van der Waals surface area contributed by atoms with Gasteiger partial charge in [0.05, 0.1) is 0 Å². The van der Waals surface area contributed by atoms with Crippen LogP contribution in [0.25, 0.3) is 0 Å². The third kappa shape index (κ3) is 3.60. The van der Waals surface area contributed by atoms with E-state index in [4.69, 9.17) is 5.73 Å². The topological polar surface area (TPSA) is 26.0 Å². The lowest BCUT2D eigenvalue weighted by Gasteiger charge is -2.05. The Labute approximate surface area is 111 Å². The highest BCUT2D eigenvalue weighted by Crippen LogP contribution is 2.16. The number of halogens is 1. The third-order valence-electron chi connectivity index (χ3n) is 2.86. The first kappa shape index (κ1) is 12.2. The van der Waals surface area contributed by atoms with Crippen molar-refractivity contribution < 1.29 is 0 Å². The van der Waals surface area contributed by atoms with E-state index in [1.165, 1.54) is 11.1 Å². The lowest BCUT2D eigenvalue weighted by atomic mass is 10.0. The van der Waals surface area contributed by atoms with Crippen molar-refractivity contribution in [2.75, 3.05) is 5.73 Å². The minimum Gasteiger partial charge on any atom is -0.399 e. The van der Waals surface area contributed by atoms with Gasteiger partial charge in [-0.2, -0.15) is 0 Å². The molecule has 0 amide bonds. The highest BCUT2D eigenvalue weighted by atomic mass is 79.9. The molecule has 0 fully saturated rings. The van der Waals surface area contributed by atoms with Crippen LogP contribution in [-0.2, 0) is 12.8 Å². The summed E-state index contributed by atoms with van der Waals surface area (Å²) in [6.45, 7) is 0. The van der Waals surface area contributed by atoms with Crippen LogP contribution in [0.5, 0.6) is 0 Å². The van der Waals surface area contributed by atoms with Crippen molar-refractivity contribution in [3.63, 3.8) is 0 Å². The van der Waals surface area contributed by atoms with E-state index in [1.54, 1.807) is 0 Å². The van der Waals surface area contributed by atoms with Crippen molar-refractivity contribution in [2.45, 2.75) is 19.3 Å². The minimum atomic E-state index is 0.904. The van der Waals surface area contributed by atoms with E-state index in [-0.39, 0.29) is 0 Å². The zero-order valence-corrected chi connectivity index (χ0v) is 11.3. The van der Waals surface area contributed by atoms with Gasteiger partial charge >= 0.3 is 0 Å². The number of hydrogen-bond donors (Lipinski definition) is 1. The highest BCUT2D eigenvalue weighted by molar-refractivity contribution is 9.10. The molecule has 0 aromatic heterocycles. The molecule has 0 saturated carbocycles. The number of benzene rings is 2. The molecule has 0 saturated heterocycles. The number of aryl methyl sites for hydroxylation is 2. The lowest BCUT2D eigenvalue weighted by Crippen LogP contribution is -1.95. The highest BCUT2D eigenvalue weighted by Gasteiger charge is 1.99. The van der Waals surface area contributed by atoms with Crippen molar-refractivity contribution in [3.8, 4) is 0 Å². The molecule has 0 atom stereocenters. The van der Waals surface area contributed by atoms with Crippen molar-refractivity contribution in [1.29, 1.82) is 0 Å². The van der Waals surface area contributed by atoms with Crippen LogP contribution in [0, 0.1) is 0 Å². The Balaban J connectivity index is 1.90. The summed E-state index contributed by atoms with van der Waals surface area (Å²) in [5, 5.41) is 0. The van der Waals surface area contributed by atoms with Crippen LogP contribution in [0.1, 0.15) is 17.5 Å². The van der Waals surface area contributed by atoms with E-state index in [9.17, 15) is 0 Å². The predicted molar refractivity (Wildman–Crippen MR) is 77.0 cm³/mol. The quantitative estimate of drug-likeness (QED) is 0.839. The van der Waals surface area contributed by atoms with Gasteiger partial charge in [-0.05, 0) is 48.6 Å². The summed E-state index contributed by atoms with van der Waals surface area (Å²) in [6.07, 6.45) is 3.26. The molecule has 2 heteroatoms. The molecule has 0 unspecified atom stereocenters. The second-order valence-electron chi connectivity index (χ2n) is 4.18. The van der Waals surface area contributed by atoms with E-state index in [1.807, 2.05) is 18.2 Å². The molecule has 17 heavy (non-hydrogen) atoms. The molecule has 1 nitrogen and oxygen atoms in total. The zero-order chi connectivity index (χ0) is 12.1. The Morgan fingerprint density at radius 2 is 1.76 bits per heavy atom. The Kier molecular flexibility index (Phi) is 4.21. The summed E-state index contributed by atoms with van der Waals surface area (Å²) in [6, 6.07) is 16.6.